The van der Waals surface area contributed by atoms with Gasteiger partial charge in [-0.3, -0.25) is 0 Å². The third-order valence-corrected chi connectivity index (χ3v) is 0.155. The first kappa shape index (κ1) is 4.78. The topological polar surface area (TPSA) is 81.4 Å². The molecule has 0 unspecified atom stereocenters. The molecule has 1 N–H and O–H groups in total. The first-order chi connectivity index (χ1) is 2.91. The Morgan fingerprint density at radius 1 is 1.83 bits per heavy atom. The van der Waals surface area contributed by atoms with Crippen LogP contribution in [0.2, 0.25) is 0 Å². The van der Waals surface area contributed by atoms with E-state index in [1.54, 1.807) is 0 Å². The van der Waals surface area contributed by atoms with Crippen molar-refractivity contribution in [3.63, 3.8) is 0 Å². The lowest BCUT2D eigenvalue weighted by Gasteiger charge is -1.57. The van der Waals surface area contributed by atoms with Crippen LogP contribution in [0.1, 0.15) is 0 Å². The van der Waals surface area contributed by atoms with Crippen LogP contribution in [0.25, 0.3) is 10.4 Å². The average molecular weight is 86.1 g/mol. The molecule has 0 atom stereocenters. The SMILES string of the molecule is [N-]=[N+]=NC=NO. The second-order valence-corrected chi connectivity index (χ2v) is 0.436. The second-order valence-electron chi connectivity index (χ2n) is 0.436. The van der Waals surface area contributed by atoms with Crippen molar-refractivity contribution in [2.75, 3.05) is 0 Å². The molecule has 0 aliphatic heterocycles. The van der Waals surface area contributed by atoms with E-state index in [-0.39, 0.29) is 0 Å². The molecule has 0 saturated carbocycles. The zero-order chi connectivity index (χ0) is 4.83. The monoisotopic (exact) mass is 86.0 g/mol. The van der Waals surface area contributed by atoms with Gasteiger partial charge in [0.05, 0.1) is 0 Å². The van der Waals surface area contributed by atoms with Crippen molar-refractivity contribution in [2.45, 2.75) is 0 Å². The summed E-state index contributed by atoms with van der Waals surface area (Å²) in [5, 5.41) is 12.6. The largest absolute Gasteiger partial charge is 0.411 e. The summed E-state index contributed by atoms with van der Waals surface area (Å²) < 4.78 is 0. The molecule has 0 aromatic rings. The minimum Gasteiger partial charge on any atom is -0.411 e. The minimum atomic E-state index is 0.694. The lowest BCUT2D eigenvalue weighted by molar-refractivity contribution is 0.321. The Morgan fingerprint density at radius 2 is 2.50 bits per heavy atom. The maximum absolute atomic E-state index is 7.50. The van der Waals surface area contributed by atoms with Gasteiger partial charge in [-0.25, -0.2) is 0 Å². The van der Waals surface area contributed by atoms with E-state index < -0.39 is 0 Å². The third-order valence-electron chi connectivity index (χ3n) is 0.155. The normalized spacial score (nSPS) is 8.00. The summed E-state index contributed by atoms with van der Waals surface area (Å²) in [6.07, 6.45) is 0.694. The van der Waals surface area contributed by atoms with Crippen LogP contribution in [0.3, 0.4) is 0 Å². The van der Waals surface area contributed by atoms with Crippen molar-refractivity contribution >= 4 is 6.34 Å². The van der Waals surface area contributed by atoms with Crippen LogP contribution < -0.4 is 0 Å². The second kappa shape index (κ2) is 3.78. The summed E-state index contributed by atoms with van der Waals surface area (Å²) >= 11 is 0. The Morgan fingerprint density at radius 3 is 2.67 bits per heavy atom. The molecular weight excluding hydrogens is 84.0 g/mol. The molecule has 0 aliphatic rings. The quantitative estimate of drug-likeness (QED) is 0.0952. The van der Waals surface area contributed by atoms with E-state index in [0.717, 1.165) is 0 Å². The summed E-state index contributed by atoms with van der Waals surface area (Å²) in [7, 11) is 0. The summed E-state index contributed by atoms with van der Waals surface area (Å²) in [5.41, 5.74) is 7.45. The van der Waals surface area contributed by atoms with E-state index in [9.17, 15) is 0 Å². The van der Waals surface area contributed by atoms with Crippen molar-refractivity contribution in [3.05, 3.63) is 10.4 Å². The fourth-order valence-electron chi connectivity index (χ4n) is 0.0462. The van der Waals surface area contributed by atoms with Gasteiger partial charge in [0.2, 0.25) is 0 Å². The molecule has 0 heterocycles. The van der Waals surface area contributed by atoms with Crippen LogP contribution in [0.15, 0.2) is 10.3 Å². The van der Waals surface area contributed by atoms with Gasteiger partial charge in [-0.05, 0) is 10.6 Å². The zero-order valence-corrected chi connectivity index (χ0v) is 2.81. The van der Waals surface area contributed by atoms with Gasteiger partial charge in [-0.15, -0.1) is 0 Å². The molecular formula is CH2N4O. The highest BCUT2D eigenvalue weighted by molar-refractivity contribution is 5.53. The van der Waals surface area contributed by atoms with Crippen molar-refractivity contribution in [1.82, 2.24) is 0 Å². The van der Waals surface area contributed by atoms with Crippen molar-refractivity contribution < 1.29 is 5.21 Å². The summed E-state index contributed by atoms with van der Waals surface area (Å²) in [6.45, 7) is 0. The van der Waals surface area contributed by atoms with Crippen molar-refractivity contribution in [1.29, 1.82) is 0 Å². The molecule has 0 aliphatic carbocycles. The van der Waals surface area contributed by atoms with Gasteiger partial charge in [-0.1, -0.05) is 5.16 Å². The highest BCUT2D eigenvalue weighted by Gasteiger charge is 1.50. The van der Waals surface area contributed by atoms with Crippen molar-refractivity contribution in [3.8, 4) is 0 Å². The standard InChI is InChI=1S/CH2N4O/c2-5-3-1-4-6/h1,6H. The number of azide groups is 1. The minimum absolute atomic E-state index is 0.694. The maximum Gasteiger partial charge on any atom is 0.129 e. The molecule has 0 radical (unpaired) electrons. The van der Waals surface area contributed by atoms with E-state index in [0.29, 0.717) is 6.34 Å². The molecule has 0 fully saturated rings. The summed E-state index contributed by atoms with van der Waals surface area (Å²) in [6, 6.07) is 0. The summed E-state index contributed by atoms with van der Waals surface area (Å²) in [5.74, 6) is 0. The van der Waals surface area contributed by atoms with E-state index in [1.165, 1.54) is 0 Å². The van der Waals surface area contributed by atoms with Crippen LogP contribution in [-0.4, -0.2) is 11.5 Å². The lowest BCUT2D eigenvalue weighted by atomic mass is 11.4. The summed E-state index contributed by atoms with van der Waals surface area (Å²) in [4.78, 5) is 2.24. The highest BCUT2D eigenvalue weighted by Crippen LogP contribution is 1.56. The molecule has 0 saturated heterocycles. The molecule has 0 bridgehead atoms. The van der Waals surface area contributed by atoms with Gasteiger partial charge >= 0.3 is 0 Å². The van der Waals surface area contributed by atoms with Crippen LogP contribution in [0.4, 0.5) is 0 Å². The smallest absolute Gasteiger partial charge is 0.129 e. The Balaban J connectivity index is 3.33. The predicted octanol–water partition coefficient (Wildman–Crippen LogP) is 0.714. The van der Waals surface area contributed by atoms with Gasteiger partial charge < -0.3 is 5.21 Å². The Bertz CT molecular complexity index is 89.7. The molecule has 0 amide bonds. The Hall–Kier alpha value is -1.22. The number of hydrogen-bond donors (Lipinski definition) is 1. The van der Waals surface area contributed by atoms with E-state index in [4.69, 9.17) is 10.7 Å². The van der Waals surface area contributed by atoms with Crippen LogP contribution in [0.5, 0.6) is 0 Å². The lowest BCUT2D eigenvalue weighted by Crippen LogP contribution is -1.54. The first-order valence-corrected chi connectivity index (χ1v) is 1.12. The number of rotatable bonds is 1. The molecule has 32 valence electrons. The number of oxime groups is 1. The number of nitrogens with zero attached hydrogens (tertiary/aromatic N) is 4. The van der Waals surface area contributed by atoms with Crippen LogP contribution in [-0.2, 0) is 0 Å². The Kier molecular flexibility index (Phi) is 3.01. The van der Waals surface area contributed by atoms with E-state index in [2.05, 4.69) is 15.2 Å². The van der Waals surface area contributed by atoms with E-state index in [1.807, 2.05) is 0 Å². The van der Waals surface area contributed by atoms with Gasteiger partial charge in [0, 0.05) is 4.91 Å². The van der Waals surface area contributed by atoms with Crippen molar-refractivity contribution in [2.24, 2.45) is 10.3 Å². The van der Waals surface area contributed by atoms with Gasteiger partial charge in [0.25, 0.3) is 0 Å². The first-order valence-electron chi connectivity index (χ1n) is 1.12. The Labute approximate surface area is 33.5 Å². The zero-order valence-electron chi connectivity index (χ0n) is 2.81. The molecule has 0 spiro atoms. The van der Waals surface area contributed by atoms with Gasteiger partial charge in [-0.2, -0.15) is 0 Å². The fourth-order valence-corrected chi connectivity index (χ4v) is 0.0462. The van der Waals surface area contributed by atoms with Crippen LogP contribution in [0, 0.1) is 0 Å². The molecule has 0 rings (SSSR count). The average Bonchev–Trinajstić information content (AvgIpc) is 1.61. The predicted molar refractivity (Wildman–Crippen MR) is 19.4 cm³/mol. The maximum atomic E-state index is 7.50. The van der Waals surface area contributed by atoms with Gasteiger partial charge in [0.1, 0.15) is 6.34 Å². The number of hydrogen-bond acceptors (Lipinski definition) is 2. The molecule has 6 heavy (non-hydrogen) atoms. The third kappa shape index (κ3) is 2.78. The van der Waals surface area contributed by atoms with Gasteiger partial charge in [0.15, 0.2) is 0 Å². The molecule has 0 aromatic carbocycles. The van der Waals surface area contributed by atoms with E-state index >= 15 is 0 Å². The molecule has 0 aromatic heterocycles. The molecule has 5 heteroatoms. The highest BCUT2D eigenvalue weighted by atomic mass is 16.4. The fraction of sp³-hybridized carbons (Fsp3) is 0. The molecule has 5 nitrogen and oxygen atoms in total. The van der Waals surface area contributed by atoms with Crippen LogP contribution >= 0.6 is 0 Å².